The third-order valence-corrected chi connectivity index (χ3v) is 6.19. The molecule has 2 rings (SSSR count). The lowest BCUT2D eigenvalue weighted by Gasteiger charge is -2.20. The van der Waals surface area contributed by atoms with Crippen LogP contribution in [0.1, 0.15) is 69.2 Å². The molecular formula is C22H34N5O2S+. The fourth-order valence-electron chi connectivity index (χ4n) is 3.26. The molecule has 1 aromatic heterocycles. The van der Waals surface area contributed by atoms with Crippen molar-refractivity contribution in [1.82, 2.24) is 14.8 Å². The zero-order valence-corrected chi connectivity index (χ0v) is 19.7. The fourth-order valence-corrected chi connectivity index (χ4v) is 4.15. The van der Waals surface area contributed by atoms with Crippen LogP contribution in [0.2, 0.25) is 0 Å². The van der Waals surface area contributed by atoms with Crippen LogP contribution in [0.5, 0.6) is 0 Å². The van der Waals surface area contributed by atoms with Gasteiger partial charge in [0.15, 0.2) is 16.8 Å². The summed E-state index contributed by atoms with van der Waals surface area (Å²) in [4.78, 5) is 25.4. The van der Waals surface area contributed by atoms with Crippen molar-refractivity contribution in [2.75, 3.05) is 19.4 Å². The Balaban J connectivity index is 2.14. The van der Waals surface area contributed by atoms with Crippen molar-refractivity contribution in [2.45, 2.75) is 70.0 Å². The van der Waals surface area contributed by atoms with Gasteiger partial charge in [-0.05, 0) is 44.5 Å². The van der Waals surface area contributed by atoms with Crippen LogP contribution in [0.3, 0.4) is 0 Å². The Labute approximate surface area is 183 Å². The van der Waals surface area contributed by atoms with Crippen LogP contribution >= 0.6 is 11.8 Å². The van der Waals surface area contributed by atoms with E-state index < -0.39 is 0 Å². The molecule has 0 aliphatic carbocycles. The van der Waals surface area contributed by atoms with Gasteiger partial charge < -0.3 is 14.8 Å². The minimum absolute atomic E-state index is 0.00367. The SMILES string of the molecule is CCCCn1c(S[C@@H](C)C(=O)Nc2ccc(C(C)=O)cc2)nnc1[C@H](CC)[NH+](C)C. The maximum Gasteiger partial charge on any atom is 0.237 e. The van der Waals surface area contributed by atoms with Gasteiger partial charge in [-0.25, -0.2) is 0 Å². The van der Waals surface area contributed by atoms with E-state index in [4.69, 9.17) is 0 Å². The van der Waals surface area contributed by atoms with Gasteiger partial charge >= 0.3 is 0 Å². The van der Waals surface area contributed by atoms with Crippen molar-refractivity contribution in [3.63, 3.8) is 0 Å². The van der Waals surface area contributed by atoms with E-state index in [1.165, 1.54) is 23.6 Å². The van der Waals surface area contributed by atoms with Crippen LogP contribution in [-0.4, -0.2) is 45.8 Å². The summed E-state index contributed by atoms with van der Waals surface area (Å²) in [5.41, 5.74) is 1.30. The second-order valence-corrected chi connectivity index (χ2v) is 9.07. The van der Waals surface area contributed by atoms with Gasteiger partial charge in [-0.2, -0.15) is 0 Å². The second kappa shape index (κ2) is 11.3. The van der Waals surface area contributed by atoms with Crippen LogP contribution in [0, 0.1) is 0 Å². The van der Waals surface area contributed by atoms with E-state index in [1.54, 1.807) is 24.3 Å². The summed E-state index contributed by atoms with van der Waals surface area (Å²) < 4.78 is 2.18. The standard InChI is InChI=1S/C22H33N5O2S/c1-7-9-14-27-20(19(8-2)26(5)6)24-25-22(27)30-16(4)21(29)23-18-12-10-17(11-13-18)15(3)28/h10-13,16,19H,7-9,14H2,1-6H3,(H,23,29)/p+1/t16-,19-/m0/s1. The number of hydrogen-bond donors (Lipinski definition) is 2. The summed E-state index contributed by atoms with van der Waals surface area (Å²) in [6.45, 7) is 8.58. The zero-order valence-electron chi connectivity index (χ0n) is 18.9. The number of benzene rings is 1. The highest BCUT2D eigenvalue weighted by molar-refractivity contribution is 8.00. The molecule has 2 aromatic rings. The van der Waals surface area contributed by atoms with Crippen molar-refractivity contribution in [3.05, 3.63) is 35.7 Å². The van der Waals surface area contributed by atoms with E-state index in [1.807, 2.05) is 6.92 Å². The molecule has 1 heterocycles. The number of thioether (sulfide) groups is 1. The maximum atomic E-state index is 12.7. The number of unbranched alkanes of at least 4 members (excludes halogenated alkanes) is 1. The smallest absolute Gasteiger partial charge is 0.237 e. The number of nitrogens with zero attached hydrogens (tertiary/aromatic N) is 3. The zero-order chi connectivity index (χ0) is 22.3. The van der Waals surface area contributed by atoms with Gasteiger partial charge in [0.2, 0.25) is 5.91 Å². The summed E-state index contributed by atoms with van der Waals surface area (Å²) in [5, 5.41) is 12.3. The Morgan fingerprint density at radius 3 is 2.37 bits per heavy atom. The van der Waals surface area contributed by atoms with Crippen molar-refractivity contribution < 1.29 is 14.5 Å². The number of carbonyl (C=O) groups excluding carboxylic acids is 2. The van der Waals surface area contributed by atoms with E-state index >= 15 is 0 Å². The molecule has 0 saturated carbocycles. The average Bonchev–Trinajstić information content (AvgIpc) is 3.09. The quantitative estimate of drug-likeness (QED) is 0.421. The number of rotatable bonds is 11. The fraction of sp³-hybridized carbons (Fsp3) is 0.545. The predicted molar refractivity (Wildman–Crippen MR) is 121 cm³/mol. The van der Waals surface area contributed by atoms with Crippen LogP contribution in [0.4, 0.5) is 5.69 Å². The van der Waals surface area contributed by atoms with Gasteiger partial charge in [0.25, 0.3) is 0 Å². The van der Waals surface area contributed by atoms with Gasteiger partial charge in [0, 0.05) is 24.2 Å². The van der Waals surface area contributed by atoms with E-state index in [2.05, 4.69) is 48.0 Å². The van der Waals surface area contributed by atoms with Gasteiger partial charge in [-0.3, -0.25) is 9.59 Å². The average molecular weight is 433 g/mol. The number of carbonyl (C=O) groups is 2. The first-order chi connectivity index (χ1) is 14.3. The molecule has 0 unspecified atom stereocenters. The molecule has 0 aliphatic heterocycles. The Kier molecular flexibility index (Phi) is 9.05. The molecule has 2 atom stereocenters. The van der Waals surface area contributed by atoms with Gasteiger partial charge in [-0.15, -0.1) is 10.2 Å². The maximum absolute atomic E-state index is 12.7. The Bertz CT molecular complexity index is 848. The lowest BCUT2D eigenvalue weighted by atomic mass is 10.1. The highest BCUT2D eigenvalue weighted by Crippen LogP contribution is 2.26. The molecule has 7 nitrogen and oxygen atoms in total. The molecule has 30 heavy (non-hydrogen) atoms. The Morgan fingerprint density at radius 1 is 1.17 bits per heavy atom. The molecule has 2 N–H and O–H groups in total. The van der Waals surface area contributed by atoms with E-state index in [-0.39, 0.29) is 23.0 Å². The number of Topliss-reactive ketones (excluding diaryl/α,β-unsaturated/α-hetero) is 1. The molecule has 0 spiro atoms. The first-order valence-corrected chi connectivity index (χ1v) is 11.5. The van der Waals surface area contributed by atoms with Crippen LogP contribution in [0.25, 0.3) is 0 Å². The minimum atomic E-state index is -0.332. The molecule has 1 aromatic carbocycles. The van der Waals surface area contributed by atoms with Gasteiger partial charge in [0.1, 0.15) is 6.04 Å². The number of anilines is 1. The molecule has 0 radical (unpaired) electrons. The summed E-state index contributed by atoms with van der Waals surface area (Å²) >= 11 is 1.43. The van der Waals surface area contributed by atoms with Crippen LogP contribution in [0.15, 0.2) is 29.4 Å². The van der Waals surface area contributed by atoms with E-state index in [0.717, 1.165) is 36.8 Å². The molecule has 0 aliphatic rings. The Hall–Kier alpha value is -2.19. The molecule has 0 saturated heterocycles. The molecular weight excluding hydrogens is 398 g/mol. The number of amides is 1. The van der Waals surface area contributed by atoms with Gasteiger partial charge in [0.05, 0.1) is 19.3 Å². The highest BCUT2D eigenvalue weighted by Gasteiger charge is 2.26. The predicted octanol–water partition coefficient (Wildman–Crippen LogP) is 3.00. The van der Waals surface area contributed by atoms with Crippen molar-refractivity contribution in [1.29, 1.82) is 0 Å². The van der Waals surface area contributed by atoms with Crippen LogP contribution in [-0.2, 0) is 11.3 Å². The van der Waals surface area contributed by atoms with E-state index in [0.29, 0.717) is 11.3 Å². The number of hydrogen-bond acceptors (Lipinski definition) is 5. The summed E-state index contributed by atoms with van der Waals surface area (Å²) in [6.07, 6.45) is 3.10. The third kappa shape index (κ3) is 6.15. The topological polar surface area (TPSA) is 81.3 Å². The van der Waals surface area contributed by atoms with Gasteiger partial charge in [-0.1, -0.05) is 32.0 Å². The third-order valence-electron chi connectivity index (χ3n) is 5.11. The first kappa shape index (κ1) is 24.1. The second-order valence-electron chi connectivity index (χ2n) is 7.77. The number of nitrogens with one attached hydrogen (secondary N) is 2. The summed E-state index contributed by atoms with van der Waals surface area (Å²) in [5.74, 6) is 0.886. The largest absolute Gasteiger partial charge is 0.331 e. The molecule has 8 heteroatoms. The summed E-state index contributed by atoms with van der Waals surface area (Å²) in [6, 6.07) is 7.21. The molecule has 1 amide bonds. The van der Waals surface area contributed by atoms with Crippen LogP contribution < -0.4 is 10.2 Å². The lowest BCUT2D eigenvalue weighted by molar-refractivity contribution is -0.893. The number of quaternary nitrogens is 1. The van der Waals surface area contributed by atoms with Crippen molar-refractivity contribution in [2.24, 2.45) is 0 Å². The van der Waals surface area contributed by atoms with Crippen molar-refractivity contribution in [3.8, 4) is 0 Å². The van der Waals surface area contributed by atoms with Crippen molar-refractivity contribution >= 4 is 29.1 Å². The molecule has 0 fully saturated rings. The van der Waals surface area contributed by atoms with E-state index in [9.17, 15) is 9.59 Å². The molecule has 164 valence electrons. The summed E-state index contributed by atoms with van der Waals surface area (Å²) in [7, 11) is 4.26. The minimum Gasteiger partial charge on any atom is -0.331 e. The number of aromatic nitrogens is 3. The monoisotopic (exact) mass is 432 g/mol. The number of ketones is 1. The lowest BCUT2D eigenvalue weighted by Crippen LogP contribution is -3.06. The Morgan fingerprint density at radius 2 is 1.83 bits per heavy atom. The first-order valence-electron chi connectivity index (χ1n) is 10.6. The normalized spacial score (nSPS) is 13.3. The highest BCUT2D eigenvalue weighted by atomic mass is 32.2. The molecule has 0 bridgehead atoms.